The highest BCUT2D eigenvalue weighted by Gasteiger charge is 2.12. The molecule has 1 unspecified atom stereocenters. The van der Waals surface area contributed by atoms with E-state index in [1.807, 2.05) is 0 Å². The lowest BCUT2D eigenvalue weighted by Crippen LogP contribution is -2.06. The van der Waals surface area contributed by atoms with E-state index in [-0.39, 0.29) is 0 Å². The van der Waals surface area contributed by atoms with Gasteiger partial charge in [0.2, 0.25) is 0 Å². The smallest absolute Gasteiger partial charge is 0.00773 e. The van der Waals surface area contributed by atoms with Crippen LogP contribution in [0.2, 0.25) is 0 Å². The molecule has 1 heteroatoms. The van der Waals surface area contributed by atoms with Crippen LogP contribution in [-0.2, 0) is 0 Å². The Morgan fingerprint density at radius 2 is 2.12 bits per heavy atom. The van der Waals surface area contributed by atoms with Crippen molar-refractivity contribution in [3.05, 3.63) is 35.5 Å². The van der Waals surface area contributed by atoms with Gasteiger partial charge in [-0.1, -0.05) is 36.3 Å². The number of unbranched alkanes of at least 4 members (excludes halogenated alkanes) is 1. The average Bonchev–Trinajstić information content (AvgIpc) is 2.24. The van der Waals surface area contributed by atoms with Gasteiger partial charge in [-0.2, -0.15) is 0 Å². The summed E-state index contributed by atoms with van der Waals surface area (Å²) in [5, 5.41) is 0. The van der Waals surface area contributed by atoms with Crippen molar-refractivity contribution < 1.29 is 0 Å². The third kappa shape index (κ3) is 4.36. The minimum atomic E-state index is 0.762. The van der Waals surface area contributed by atoms with Crippen LogP contribution in [0.4, 0.5) is 0 Å². The fourth-order valence-electron chi connectivity index (χ4n) is 2.25. The van der Waals surface area contributed by atoms with Gasteiger partial charge in [0, 0.05) is 0 Å². The van der Waals surface area contributed by atoms with Gasteiger partial charge in [0.15, 0.2) is 0 Å². The molecule has 0 amide bonds. The standard InChI is InChI=1S/C15H25N/c1-12-7-8-15(6-4-5-9-16)11-14(3)13(2)10-12/h7,10,15H,3-6,8-9,11,16H2,1-2H3/b12-7-,13-10-. The summed E-state index contributed by atoms with van der Waals surface area (Å²) in [6.45, 7) is 9.36. The summed E-state index contributed by atoms with van der Waals surface area (Å²) >= 11 is 0. The first-order valence-corrected chi connectivity index (χ1v) is 6.36. The lowest BCUT2D eigenvalue weighted by Gasteiger charge is -2.19. The molecule has 0 fully saturated rings. The second kappa shape index (κ2) is 6.70. The van der Waals surface area contributed by atoms with Crippen molar-refractivity contribution in [2.24, 2.45) is 11.7 Å². The normalized spacial score (nSPS) is 28.7. The summed E-state index contributed by atoms with van der Waals surface area (Å²) in [4.78, 5) is 0. The van der Waals surface area contributed by atoms with Crippen LogP contribution in [0.5, 0.6) is 0 Å². The van der Waals surface area contributed by atoms with E-state index in [0.717, 1.165) is 25.3 Å². The van der Waals surface area contributed by atoms with Crippen molar-refractivity contribution >= 4 is 0 Å². The highest BCUT2D eigenvalue weighted by molar-refractivity contribution is 5.34. The van der Waals surface area contributed by atoms with Gasteiger partial charge in [-0.3, -0.25) is 0 Å². The summed E-state index contributed by atoms with van der Waals surface area (Å²) < 4.78 is 0. The van der Waals surface area contributed by atoms with Crippen molar-refractivity contribution in [1.82, 2.24) is 0 Å². The molecule has 2 N–H and O–H groups in total. The molecular formula is C15H25N. The molecule has 0 saturated heterocycles. The lowest BCUT2D eigenvalue weighted by molar-refractivity contribution is 0.462. The second-order valence-electron chi connectivity index (χ2n) is 4.97. The van der Waals surface area contributed by atoms with E-state index >= 15 is 0 Å². The van der Waals surface area contributed by atoms with E-state index in [1.165, 1.54) is 36.0 Å². The van der Waals surface area contributed by atoms with Crippen LogP contribution in [-0.4, -0.2) is 6.54 Å². The SMILES string of the molecule is C=C1CC(CCCCN)C/C=C(C)\C=C/1C. The minimum Gasteiger partial charge on any atom is -0.330 e. The molecule has 0 spiro atoms. The Hall–Kier alpha value is -0.820. The molecule has 1 atom stereocenters. The van der Waals surface area contributed by atoms with Crippen LogP contribution < -0.4 is 5.73 Å². The second-order valence-corrected chi connectivity index (χ2v) is 4.97. The molecule has 0 aromatic rings. The van der Waals surface area contributed by atoms with E-state index in [9.17, 15) is 0 Å². The van der Waals surface area contributed by atoms with Crippen LogP contribution in [0, 0.1) is 5.92 Å². The van der Waals surface area contributed by atoms with Crippen LogP contribution in [0.25, 0.3) is 0 Å². The molecule has 16 heavy (non-hydrogen) atoms. The van der Waals surface area contributed by atoms with Crippen LogP contribution in [0.3, 0.4) is 0 Å². The Morgan fingerprint density at radius 1 is 1.38 bits per heavy atom. The molecule has 1 aliphatic rings. The molecule has 0 aliphatic heterocycles. The Kier molecular flexibility index (Phi) is 5.54. The first-order chi connectivity index (χ1) is 7.63. The zero-order valence-electron chi connectivity index (χ0n) is 10.8. The Balaban J connectivity index is 2.56. The Bertz CT molecular complexity index is 297. The van der Waals surface area contributed by atoms with Crippen molar-refractivity contribution in [1.29, 1.82) is 0 Å². The van der Waals surface area contributed by atoms with Gasteiger partial charge in [-0.05, 0) is 57.6 Å². The molecular weight excluding hydrogens is 194 g/mol. The van der Waals surface area contributed by atoms with Gasteiger partial charge >= 0.3 is 0 Å². The first kappa shape index (κ1) is 13.2. The Labute approximate surface area is 100 Å². The van der Waals surface area contributed by atoms with Gasteiger partial charge in [-0.15, -0.1) is 0 Å². The van der Waals surface area contributed by atoms with Crippen LogP contribution in [0.15, 0.2) is 35.5 Å². The zero-order valence-corrected chi connectivity index (χ0v) is 10.8. The predicted molar refractivity (Wildman–Crippen MR) is 72.3 cm³/mol. The summed E-state index contributed by atoms with van der Waals surface area (Å²) in [5.41, 5.74) is 9.56. The third-order valence-corrected chi connectivity index (χ3v) is 3.38. The van der Waals surface area contributed by atoms with Crippen LogP contribution in [0.1, 0.15) is 46.0 Å². The summed E-state index contributed by atoms with van der Waals surface area (Å²) in [5.74, 6) is 0.762. The highest BCUT2D eigenvalue weighted by atomic mass is 14.5. The summed E-state index contributed by atoms with van der Waals surface area (Å²) in [6.07, 6.45) is 10.6. The van der Waals surface area contributed by atoms with E-state index in [1.54, 1.807) is 0 Å². The maximum Gasteiger partial charge on any atom is -0.00773 e. The van der Waals surface area contributed by atoms with Gasteiger partial charge in [-0.25, -0.2) is 0 Å². The molecule has 1 rings (SSSR count). The molecule has 0 aromatic heterocycles. The van der Waals surface area contributed by atoms with Crippen molar-refractivity contribution in [3.63, 3.8) is 0 Å². The molecule has 0 bridgehead atoms. The molecule has 0 saturated carbocycles. The average molecular weight is 219 g/mol. The van der Waals surface area contributed by atoms with E-state index in [4.69, 9.17) is 5.73 Å². The maximum absolute atomic E-state index is 5.53. The lowest BCUT2D eigenvalue weighted by atomic mass is 9.86. The number of nitrogens with two attached hydrogens (primary N) is 1. The fourth-order valence-corrected chi connectivity index (χ4v) is 2.25. The van der Waals surface area contributed by atoms with Crippen LogP contribution >= 0.6 is 0 Å². The first-order valence-electron chi connectivity index (χ1n) is 6.36. The van der Waals surface area contributed by atoms with Gasteiger partial charge in [0.25, 0.3) is 0 Å². The third-order valence-electron chi connectivity index (χ3n) is 3.38. The topological polar surface area (TPSA) is 26.0 Å². The number of allylic oxidation sites excluding steroid dienone is 5. The summed E-state index contributed by atoms with van der Waals surface area (Å²) in [7, 11) is 0. The van der Waals surface area contributed by atoms with E-state index in [0.29, 0.717) is 0 Å². The predicted octanol–water partition coefficient (Wildman–Crippen LogP) is 3.97. The number of hydrogen-bond acceptors (Lipinski definition) is 1. The molecule has 1 nitrogen and oxygen atoms in total. The van der Waals surface area contributed by atoms with E-state index in [2.05, 4.69) is 32.6 Å². The maximum atomic E-state index is 5.53. The molecule has 90 valence electrons. The van der Waals surface area contributed by atoms with Crippen molar-refractivity contribution in [3.8, 4) is 0 Å². The number of rotatable bonds is 4. The Morgan fingerprint density at radius 3 is 2.81 bits per heavy atom. The van der Waals surface area contributed by atoms with Gasteiger partial charge in [0.1, 0.15) is 0 Å². The molecule has 0 radical (unpaired) electrons. The monoisotopic (exact) mass is 219 g/mol. The quantitative estimate of drug-likeness (QED) is 0.711. The molecule has 0 aromatic carbocycles. The highest BCUT2D eigenvalue weighted by Crippen LogP contribution is 2.28. The van der Waals surface area contributed by atoms with Crippen molar-refractivity contribution in [2.45, 2.75) is 46.0 Å². The van der Waals surface area contributed by atoms with Gasteiger partial charge < -0.3 is 5.73 Å². The number of hydrogen-bond donors (Lipinski definition) is 1. The van der Waals surface area contributed by atoms with Crippen molar-refractivity contribution in [2.75, 3.05) is 6.54 Å². The largest absolute Gasteiger partial charge is 0.330 e. The van der Waals surface area contributed by atoms with Gasteiger partial charge in [0.05, 0.1) is 0 Å². The molecule has 1 aliphatic carbocycles. The summed E-state index contributed by atoms with van der Waals surface area (Å²) in [6, 6.07) is 0. The fraction of sp³-hybridized carbons (Fsp3) is 0.600. The zero-order chi connectivity index (χ0) is 12.0. The molecule has 0 heterocycles. The van der Waals surface area contributed by atoms with E-state index < -0.39 is 0 Å². The minimum absolute atomic E-state index is 0.762.